The molecule has 4 rings (SSSR count). The number of hydrogen-bond donors (Lipinski definition) is 1. The number of pyridine rings is 1. The Morgan fingerprint density at radius 3 is 2.82 bits per heavy atom. The molecule has 22 heavy (non-hydrogen) atoms. The molecule has 3 aromatic heterocycles. The lowest BCUT2D eigenvalue weighted by Gasteiger charge is -2.06. The highest BCUT2D eigenvalue weighted by Gasteiger charge is 2.10. The van der Waals surface area contributed by atoms with Gasteiger partial charge in [0.2, 0.25) is 0 Å². The van der Waals surface area contributed by atoms with Crippen molar-refractivity contribution in [2.75, 3.05) is 5.73 Å². The van der Waals surface area contributed by atoms with Gasteiger partial charge in [-0.05, 0) is 12.1 Å². The predicted molar refractivity (Wildman–Crippen MR) is 80.5 cm³/mol. The molecule has 0 amide bonds. The van der Waals surface area contributed by atoms with Crippen LogP contribution in [0.5, 0.6) is 0 Å². The lowest BCUT2D eigenvalue weighted by atomic mass is 10.2. The third-order valence-electron chi connectivity index (χ3n) is 3.54. The van der Waals surface area contributed by atoms with Crippen LogP contribution in [-0.2, 0) is 6.54 Å². The average Bonchev–Trinajstić information content (AvgIpc) is 2.90. The molecule has 0 radical (unpaired) electrons. The minimum atomic E-state index is -0.249. The van der Waals surface area contributed by atoms with Crippen LogP contribution in [0, 0.1) is 5.82 Å². The van der Waals surface area contributed by atoms with Crippen LogP contribution in [0.4, 0.5) is 10.2 Å². The van der Waals surface area contributed by atoms with Gasteiger partial charge in [0.05, 0.1) is 23.8 Å². The number of hydrogen-bond acceptors (Lipinski definition) is 5. The van der Waals surface area contributed by atoms with Crippen LogP contribution in [-0.4, -0.2) is 24.5 Å². The van der Waals surface area contributed by atoms with Crippen molar-refractivity contribution in [2.45, 2.75) is 6.54 Å². The second-order valence-corrected chi connectivity index (χ2v) is 4.93. The van der Waals surface area contributed by atoms with Crippen molar-refractivity contribution in [3.05, 3.63) is 54.4 Å². The Bertz CT molecular complexity index is 994. The number of anilines is 1. The Morgan fingerprint density at radius 1 is 1.09 bits per heavy atom. The van der Waals surface area contributed by atoms with Gasteiger partial charge in [-0.3, -0.25) is 0 Å². The molecular weight excluding hydrogens is 283 g/mol. The summed E-state index contributed by atoms with van der Waals surface area (Å²) in [4.78, 5) is 16.7. The van der Waals surface area contributed by atoms with Gasteiger partial charge >= 0.3 is 0 Å². The minimum absolute atomic E-state index is 0.249. The van der Waals surface area contributed by atoms with E-state index in [0.717, 1.165) is 5.52 Å². The van der Waals surface area contributed by atoms with Gasteiger partial charge in [0.15, 0.2) is 11.3 Å². The summed E-state index contributed by atoms with van der Waals surface area (Å²) in [7, 11) is 0. The van der Waals surface area contributed by atoms with Crippen molar-refractivity contribution in [1.82, 2.24) is 24.5 Å². The molecule has 0 bridgehead atoms. The maximum absolute atomic E-state index is 13.8. The Hall–Kier alpha value is -3.09. The molecule has 0 fully saturated rings. The maximum atomic E-state index is 13.8. The van der Waals surface area contributed by atoms with E-state index in [9.17, 15) is 4.39 Å². The normalized spacial score (nSPS) is 11.3. The Kier molecular flexibility index (Phi) is 2.72. The summed E-state index contributed by atoms with van der Waals surface area (Å²) in [6.07, 6.45) is 3.00. The number of nitrogens with zero attached hydrogens (tertiary/aromatic N) is 5. The van der Waals surface area contributed by atoms with Crippen LogP contribution in [0.3, 0.4) is 0 Å². The van der Waals surface area contributed by atoms with Crippen LogP contribution in [0.1, 0.15) is 5.56 Å². The number of fused-ring (bicyclic) bond motifs is 2. The van der Waals surface area contributed by atoms with E-state index in [-0.39, 0.29) is 5.82 Å². The molecule has 108 valence electrons. The van der Waals surface area contributed by atoms with Crippen molar-refractivity contribution in [2.24, 2.45) is 0 Å². The molecule has 0 spiro atoms. The first-order valence-corrected chi connectivity index (χ1v) is 6.68. The summed E-state index contributed by atoms with van der Waals surface area (Å²) in [5.41, 5.74) is 8.25. The SMILES string of the molecule is Nc1ncnc2nc3ncn(Cc4ccccc4F)c3cc12. The molecular formula is C15H11FN6. The second kappa shape index (κ2) is 4.73. The van der Waals surface area contributed by atoms with Crippen LogP contribution in [0.25, 0.3) is 22.2 Å². The van der Waals surface area contributed by atoms with Crippen LogP contribution in [0.15, 0.2) is 43.0 Å². The molecule has 2 N–H and O–H groups in total. The number of nitrogen functional groups attached to an aromatic ring is 1. The van der Waals surface area contributed by atoms with Crippen LogP contribution >= 0.6 is 0 Å². The number of rotatable bonds is 2. The summed E-state index contributed by atoms with van der Waals surface area (Å²) in [5, 5.41) is 0.658. The van der Waals surface area contributed by atoms with Gasteiger partial charge in [-0.1, -0.05) is 18.2 Å². The van der Waals surface area contributed by atoms with E-state index >= 15 is 0 Å². The Morgan fingerprint density at radius 2 is 1.95 bits per heavy atom. The van der Waals surface area contributed by atoms with Crippen LogP contribution < -0.4 is 5.73 Å². The largest absolute Gasteiger partial charge is 0.383 e. The maximum Gasteiger partial charge on any atom is 0.179 e. The van der Waals surface area contributed by atoms with E-state index in [1.165, 1.54) is 12.4 Å². The average molecular weight is 294 g/mol. The first-order chi connectivity index (χ1) is 10.7. The van der Waals surface area contributed by atoms with Crippen LogP contribution in [0.2, 0.25) is 0 Å². The summed E-state index contributed by atoms with van der Waals surface area (Å²) >= 11 is 0. The number of aromatic nitrogens is 5. The first kappa shape index (κ1) is 12.6. The van der Waals surface area contributed by atoms with Gasteiger partial charge in [-0.2, -0.15) is 0 Å². The monoisotopic (exact) mass is 294 g/mol. The van der Waals surface area contributed by atoms with Crippen molar-refractivity contribution >= 4 is 28.0 Å². The molecule has 3 heterocycles. The van der Waals surface area contributed by atoms with E-state index in [0.29, 0.717) is 34.6 Å². The molecule has 0 aliphatic heterocycles. The van der Waals surface area contributed by atoms with E-state index < -0.39 is 0 Å². The van der Waals surface area contributed by atoms with Gasteiger partial charge < -0.3 is 10.3 Å². The van der Waals surface area contributed by atoms with Gasteiger partial charge in [-0.25, -0.2) is 24.3 Å². The van der Waals surface area contributed by atoms with E-state index in [4.69, 9.17) is 5.73 Å². The number of benzene rings is 1. The molecule has 0 aliphatic carbocycles. The second-order valence-electron chi connectivity index (χ2n) is 4.93. The molecule has 1 aromatic carbocycles. The molecule has 4 aromatic rings. The Balaban J connectivity index is 1.88. The molecule has 6 nitrogen and oxygen atoms in total. The molecule has 0 saturated heterocycles. The van der Waals surface area contributed by atoms with Crippen molar-refractivity contribution < 1.29 is 4.39 Å². The van der Waals surface area contributed by atoms with Gasteiger partial charge in [0.1, 0.15) is 18.0 Å². The minimum Gasteiger partial charge on any atom is -0.383 e. The zero-order valence-corrected chi connectivity index (χ0v) is 11.4. The predicted octanol–water partition coefficient (Wildman–Crippen LogP) is 2.14. The molecule has 0 aliphatic rings. The molecule has 0 unspecified atom stereocenters. The fourth-order valence-corrected chi connectivity index (χ4v) is 2.41. The highest BCUT2D eigenvalue weighted by Crippen LogP contribution is 2.21. The summed E-state index contributed by atoms with van der Waals surface area (Å²) in [5.74, 6) is 0.110. The van der Waals surface area contributed by atoms with E-state index in [1.54, 1.807) is 24.5 Å². The van der Waals surface area contributed by atoms with Crippen molar-refractivity contribution in [3.63, 3.8) is 0 Å². The lowest BCUT2D eigenvalue weighted by molar-refractivity contribution is 0.601. The lowest BCUT2D eigenvalue weighted by Crippen LogP contribution is -2.01. The third-order valence-corrected chi connectivity index (χ3v) is 3.54. The first-order valence-electron chi connectivity index (χ1n) is 6.68. The summed E-state index contributed by atoms with van der Waals surface area (Å²) in [6, 6.07) is 8.48. The van der Waals surface area contributed by atoms with Gasteiger partial charge in [0.25, 0.3) is 0 Å². The summed E-state index contributed by atoms with van der Waals surface area (Å²) < 4.78 is 15.6. The smallest absolute Gasteiger partial charge is 0.179 e. The van der Waals surface area contributed by atoms with Gasteiger partial charge in [-0.15, -0.1) is 0 Å². The topological polar surface area (TPSA) is 82.5 Å². The number of halogens is 1. The third kappa shape index (κ3) is 1.95. The number of imidazole rings is 1. The van der Waals surface area contributed by atoms with E-state index in [2.05, 4.69) is 19.9 Å². The zero-order chi connectivity index (χ0) is 15.1. The zero-order valence-electron chi connectivity index (χ0n) is 11.4. The van der Waals surface area contributed by atoms with Crippen molar-refractivity contribution in [1.29, 1.82) is 0 Å². The molecule has 0 saturated carbocycles. The molecule has 0 atom stereocenters. The summed E-state index contributed by atoms with van der Waals surface area (Å²) in [6.45, 7) is 0.365. The highest BCUT2D eigenvalue weighted by molar-refractivity contribution is 5.93. The number of nitrogens with two attached hydrogens (primary N) is 1. The van der Waals surface area contributed by atoms with Gasteiger partial charge in [0, 0.05) is 5.56 Å². The highest BCUT2D eigenvalue weighted by atomic mass is 19.1. The van der Waals surface area contributed by atoms with E-state index in [1.807, 2.05) is 10.6 Å². The fraction of sp³-hybridized carbons (Fsp3) is 0.0667. The quantitative estimate of drug-likeness (QED) is 0.612. The molecule has 7 heteroatoms. The Labute approximate surface area is 124 Å². The standard InChI is InChI=1S/C15H11FN6/c16-11-4-2-1-3-9(11)6-22-8-20-15-12(22)5-10-13(17)18-7-19-14(10)21-15/h1-5,7-8H,6H2,(H2,17,18,19,21). The van der Waals surface area contributed by atoms with Crippen molar-refractivity contribution in [3.8, 4) is 0 Å². The fourth-order valence-electron chi connectivity index (χ4n) is 2.41.